The Balaban J connectivity index is 1.18. The van der Waals surface area contributed by atoms with Crippen molar-refractivity contribution < 1.29 is 19.1 Å². The molecule has 12 nitrogen and oxygen atoms in total. The van der Waals surface area contributed by atoms with Crippen molar-refractivity contribution >= 4 is 39.9 Å². The average molecular weight is 677 g/mol. The van der Waals surface area contributed by atoms with Gasteiger partial charge in [-0.3, -0.25) is 4.79 Å². The monoisotopic (exact) mass is 676 g/mol. The quantitative estimate of drug-likeness (QED) is 0.108. The van der Waals surface area contributed by atoms with Gasteiger partial charge in [-0.05, 0) is 75.5 Å². The number of likely N-dealkylation sites (tertiary alicyclic amines) is 1. The number of H-pyrrole nitrogens is 1. The molecule has 2 saturated heterocycles. The highest BCUT2D eigenvalue weighted by Gasteiger charge is 2.28. The van der Waals surface area contributed by atoms with Gasteiger partial charge in [0.15, 0.2) is 0 Å². The number of benzene rings is 2. The SMILES string of the molecule is C=CC(=O)Nc1cc(Nc2nccc(-c3[nH]c(CCCO)nc3-c3ccc4ccoc4c3)n2)c(OC)cc1N1CCC(N2CCCCC2)CC1. The van der Waals surface area contributed by atoms with Crippen molar-refractivity contribution in [2.45, 2.75) is 51.0 Å². The standard InChI is InChI=1S/C38H44N8O4/c1-3-35(48)40-29-23-30(33(49-2)24-31(29)46-18-12-27(13-19-46)45-16-5-4-6-17-45)42-38-39-15-11-28(41-38)37-36(43-34(44-37)8-7-20-47)26-10-9-25-14-21-50-32(25)22-26/h3,9-11,14-15,21-24,27,47H,1,4-8,12-13,16-20H2,2H3,(H,40,48)(H,43,44)(H,39,41,42). The second-order valence-corrected chi connectivity index (χ2v) is 12.9. The molecule has 5 heterocycles. The Bertz CT molecular complexity index is 1960. The van der Waals surface area contributed by atoms with Crippen LogP contribution in [-0.2, 0) is 11.2 Å². The summed E-state index contributed by atoms with van der Waals surface area (Å²) in [4.78, 5) is 35.3. The van der Waals surface area contributed by atoms with E-state index in [0.29, 0.717) is 47.7 Å². The Morgan fingerprint density at radius 3 is 2.70 bits per heavy atom. The molecule has 3 aromatic heterocycles. The van der Waals surface area contributed by atoms with E-state index in [2.05, 4.69) is 37.0 Å². The molecule has 7 rings (SSSR count). The van der Waals surface area contributed by atoms with Crippen LogP contribution in [0, 0.1) is 0 Å². The Labute approximate surface area is 291 Å². The fourth-order valence-electron chi connectivity index (χ4n) is 7.10. The van der Waals surface area contributed by atoms with Crippen molar-refractivity contribution in [1.29, 1.82) is 0 Å². The van der Waals surface area contributed by atoms with Gasteiger partial charge >= 0.3 is 0 Å². The number of carbonyl (C=O) groups excluding carboxylic acids is 1. The summed E-state index contributed by atoms with van der Waals surface area (Å²) in [6.45, 7) is 7.89. The van der Waals surface area contributed by atoms with Crippen LogP contribution in [0.3, 0.4) is 0 Å². The summed E-state index contributed by atoms with van der Waals surface area (Å²) in [5.74, 6) is 1.40. The fraction of sp³-hybridized carbons (Fsp3) is 0.368. The Kier molecular flexibility index (Phi) is 10.1. The number of aliphatic hydroxyl groups excluding tert-OH is 1. The number of piperidine rings is 2. The summed E-state index contributed by atoms with van der Waals surface area (Å²) >= 11 is 0. The summed E-state index contributed by atoms with van der Waals surface area (Å²) in [6.07, 6.45) is 11.8. The van der Waals surface area contributed by atoms with E-state index in [1.165, 1.54) is 38.4 Å². The van der Waals surface area contributed by atoms with Crippen LogP contribution >= 0.6 is 0 Å². The number of imidazole rings is 1. The molecule has 260 valence electrons. The van der Waals surface area contributed by atoms with Gasteiger partial charge in [0.1, 0.15) is 17.2 Å². The molecular weight excluding hydrogens is 632 g/mol. The van der Waals surface area contributed by atoms with Crippen LogP contribution < -0.4 is 20.3 Å². The van der Waals surface area contributed by atoms with Gasteiger partial charge in [0.25, 0.3) is 0 Å². The number of hydrogen-bond donors (Lipinski definition) is 4. The van der Waals surface area contributed by atoms with Crippen LogP contribution in [0.25, 0.3) is 33.6 Å². The number of fused-ring (bicyclic) bond motifs is 1. The van der Waals surface area contributed by atoms with Gasteiger partial charge in [0, 0.05) is 55.4 Å². The van der Waals surface area contributed by atoms with Crippen molar-refractivity contribution in [2.24, 2.45) is 0 Å². The number of anilines is 4. The lowest BCUT2D eigenvalue weighted by molar-refractivity contribution is -0.111. The van der Waals surface area contributed by atoms with Crippen molar-refractivity contribution in [3.63, 3.8) is 0 Å². The van der Waals surface area contributed by atoms with Gasteiger partial charge in [0.2, 0.25) is 11.9 Å². The number of aromatic amines is 1. The van der Waals surface area contributed by atoms with Gasteiger partial charge in [-0.15, -0.1) is 0 Å². The van der Waals surface area contributed by atoms with Crippen LogP contribution in [0.1, 0.15) is 44.3 Å². The van der Waals surface area contributed by atoms with Crippen LogP contribution in [0.4, 0.5) is 23.0 Å². The second-order valence-electron chi connectivity index (χ2n) is 12.9. The largest absolute Gasteiger partial charge is 0.494 e. The molecule has 2 aromatic carbocycles. The number of nitrogens with one attached hydrogen (secondary N) is 3. The minimum Gasteiger partial charge on any atom is -0.494 e. The summed E-state index contributed by atoms with van der Waals surface area (Å²) in [5.41, 5.74) is 5.88. The average Bonchev–Trinajstić information content (AvgIpc) is 3.82. The van der Waals surface area contributed by atoms with Crippen LogP contribution in [0.5, 0.6) is 5.75 Å². The maximum absolute atomic E-state index is 12.6. The highest BCUT2D eigenvalue weighted by atomic mass is 16.5. The second kappa shape index (κ2) is 15.1. The number of methoxy groups -OCH3 is 1. The third kappa shape index (κ3) is 7.22. The van der Waals surface area contributed by atoms with E-state index < -0.39 is 0 Å². The molecule has 2 fully saturated rings. The first kappa shape index (κ1) is 33.3. The molecule has 12 heteroatoms. The number of hydrogen-bond acceptors (Lipinski definition) is 10. The van der Waals surface area contributed by atoms with E-state index in [1.54, 1.807) is 19.6 Å². The first-order chi connectivity index (χ1) is 24.5. The van der Waals surface area contributed by atoms with E-state index in [9.17, 15) is 9.90 Å². The summed E-state index contributed by atoms with van der Waals surface area (Å²) < 4.78 is 11.5. The van der Waals surface area contributed by atoms with Gasteiger partial charge < -0.3 is 39.7 Å². The van der Waals surface area contributed by atoms with Crippen molar-refractivity contribution in [3.05, 3.63) is 73.4 Å². The van der Waals surface area contributed by atoms with E-state index >= 15 is 0 Å². The molecule has 5 aromatic rings. The molecule has 0 spiro atoms. The van der Waals surface area contributed by atoms with E-state index in [1.807, 2.05) is 42.5 Å². The van der Waals surface area contributed by atoms with Crippen LogP contribution in [0.15, 0.2) is 72.0 Å². The van der Waals surface area contributed by atoms with Gasteiger partial charge in [-0.2, -0.15) is 0 Å². The summed E-state index contributed by atoms with van der Waals surface area (Å²) in [5, 5.41) is 16.8. The third-order valence-corrected chi connectivity index (χ3v) is 9.69. The van der Waals surface area contributed by atoms with E-state index in [0.717, 1.165) is 65.4 Å². The molecule has 0 bridgehead atoms. The number of aromatic nitrogens is 4. The number of aliphatic hydroxyl groups is 1. The number of furan rings is 1. The number of rotatable bonds is 12. The lowest BCUT2D eigenvalue weighted by Gasteiger charge is -2.41. The number of aryl methyl sites for hydroxylation is 1. The zero-order chi connectivity index (χ0) is 34.5. The van der Waals surface area contributed by atoms with Crippen molar-refractivity contribution in [1.82, 2.24) is 24.8 Å². The molecule has 0 aliphatic carbocycles. The normalized spacial score (nSPS) is 15.7. The first-order valence-corrected chi connectivity index (χ1v) is 17.4. The maximum Gasteiger partial charge on any atom is 0.247 e. The predicted molar refractivity (Wildman–Crippen MR) is 196 cm³/mol. The molecule has 2 aliphatic rings. The fourth-order valence-corrected chi connectivity index (χ4v) is 7.10. The molecule has 0 atom stereocenters. The number of amides is 1. The zero-order valence-corrected chi connectivity index (χ0v) is 28.5. The molecular formula is C38H44N8O4. The van der Waals surface area contributed by atoms with Crippen molar-refractivity contribution in [3.8, 4) is 28.4 Å². The minimum atomic E-state index is -0.291. The Morgan fingerprint density at radius 1 is 1.08 bits per heavy atom. The Hall–Kier alpha value is -5.20. The lowest BCUT2D eigenvalue weighted by atomic mass is 9.99. The number of ether oxygens (including phenoxy) is 1. The highest BCUT2D eigenvalue weighted by molar-refractivity contribution is 6.02. The molecule has 1 amide bonds. The number of carbonyl (C=O) groups is 1. The maximum atomic E-state index is 12.6. The smallest absolute Gasteiger partial charge is 0.247 e. The molecule has 0 radical (unpaired) electrons. The number of nitrogens with zero attached hydrogens (tertiary/aromatic N) is 5. The topological polar surface area (TPSA) is 145 Å². The van der Waals surface area contributed by atoms with Gasteiger partial charge in [0.05, 0.1) is 47.5 Å². The lowest BCUT2D eigenvalue weighted by Crippen LogP contribution is -2.46. The molecule has 0 saturated carbocycles. The van der Waals surface area contributed by atoms with Crippen LogP contribution in [0.2, 0.25) is 0 Å². The van der Waals surface area contributed by atoms with Crippen LogP contribution in [-0.4, -0.2) is 81.8 Å². The first-order valence-electron chi connectivity index (χ1n) is 17.4. The summed E-state index contributed by atoms with van der Waals surface area (Å²) in [6, 6.07) is 14.2. The predicted octanol–water partition coefficient (Wildman–Crippen LogP) is 6.54. The van der Waals surface area contributed by atoms with Gasteiger partial charge in [-0.25, -0.2) is 15.0 Å². The molecule has 4 N–H and O–H groups in total. The molecule has 50 heavy (non-hydrogen) atoms. The third-order valence-electron chi connectivity index (χ3n) is 9.69. The molecule has 2 aliphatic heterocycles. The highest BCUT2D eigenvalue weighted by Crippen LogP contribution is 2.40. The van der Waals surface area contributed by atoms with E-state index in [-0.39, 0.29) is 12.5 Å². The minimum absolute atomic E-state index is 0.0675. The zero-order valence-electron chi connectivity index (χ0n) is 28.5. The van der Waals surface area contributed by atoms with Crippen molar-refractivity contribution in [2.75, 3.05) is 55.4 Å². The van der Waals surface area contributed by atoms with Gasteiger partial charge in [-0.1, -0.05) is 25.1 Å². The summed E-state index contributed by atoms with van der Waals surface area (Å²) in [7, 11) is 1.63. The van der Waals surface area contributed by atoms with E-state index in [4.69, 9.17) is 19.1 Å². The molecule has 0 unspecified atom stereocenters. The Morgan fingerprint density at radius 2 is 1.92 bits per heavy atom.